The average Bonchev–Trinajstić information content (AvgIpc) is 3.34. The van der Waals surface area contributed by atoms with Gasteiger partial charge in [-0.05, 0) is 36.8 Å². The van der Waals surface area contributed by atoms with E-state index >= 15 is 0 Å². The molecule has 0 saturated heterocycles. The van der Waals surface area contributed by atoms with Gasteiger partial charge in [-0.15, -0.1) is 21.5 Å². The second kappa shape index (κ2) is 8.94. The molecule has 0 saturated carbocycles. The Morgan fingerprint density at radius 2 is 2.07 bits per heavy atom. The first-order valence-electron chi connectivity index (χ1n) is 8.92. The summed E-state index contributed by atoms with van der Waals surface area (Å²) in [5.74, 6) is 0.554. The van der Waals surface area contributed by atoms with Crippen molar-refractivity contribution in [2.45, 2.75) is 25.0 Å². The van der Waals surface area contributed by atoms with Crippen LogP contribution in [0.25, 0.3) is 10.2 Å². The lowest BCUT2D eigenvalue weighted by Gasteiger charge is -2.07. The summed E-state index contributed by atoms with van der Waals surface area (Å²) in [6, 6.07) is 13.4. The Kier molecular flexibility index (Phi) is 6.13. The normalized spacial score (nSPS) is 11.1. The van der Waals surface area contributed by atoms with Crippen LogP contribution in [0.3, 0.4) is 0 Å². The summed E-state index contributed by atoms with van der Waals surface area (Å²) in [5.41, 5.74) is 2.66. The van der Waals surface area contributed by atoms with Gasteiger partial charge in [0.25, 0.3) is 5.22 Å². The fraction of sp³-hybridized carbons (Fsp3) is 0.200. The summed E-state index contributed by atoms with van der Waals surface area (Å²) in [4.78, 5) is 16.8. The van der Waals surface area contributed by atoms with E-state index in [1.165, 1.54) is 16.5 Å². The molecule has 2 aromatic heterocycles. The van der Waals surface area contributed by atoms with Gasteiger partial charge in [-0.2, -0.15) is 0 Å². The first-order valence-corrected chi connectivity index (χ1v) is 11.1. The lowest BCUT2D eigenvalue weighted by atomic mass is 10.2. The summed E-state index contributed by atoms with van der Waals surface area (Å²) >= 11 is 8.86. The van der Waals surface area contributed by atoms with E-state index in [0.29, 0.717) is 28.2 Å². The zero-order valence-corrected chi connectivity index (χ0v) is 17.9. The second-order valence-electron chi connectivity index (χ2n) is 6.33. The Labute approximate surface area is 180 Å². The summed E-state index contributed by atoms with van der Waals surface area (Å²) in [6.07, 6.45) is 1.35. The van der Waals surface area contributed by atoms with Gasteiger partial charge in [0.15, 0.2) is 0 Å². The summed E-state index contributed by atoms with van der Waals surface area (Å²) < 4.78 is 6.81. The molecule has 6 nitrogen and oxygen atoms in total. The van der Waals surface area contributed by atoms with Gasteiger partial charge in [0.1, 0.15) is 0 Å². The Morgan fingerprint density at radius 1 is 1.21 bits per heavy atom. The molecule has 0 unspecified atom stereocenters. The van der Waals surface area contributed by atoms with Crippen LogP contribution in [0.5, 0.6) is 0 Å². The number of para-hydroxylation sites is 1. The molecule has 0 fully saturated rings. The van der Waals surface area contributed by atoms with Crippen molar-refractivity contribution in [3.8, 4) is 0 Å². The fourth-order valence-electron chi connectivity index (χ4n) is 2.68. The van der Waals surface area contributed by atoms with Crippen molar-refractivity contribution in [2.75, 3.05) is 11.1 Å². The van der Waals surface area contributed by atoms with Crippen LogP contribution in [0.1, 0.15) is 16.5 Å². The number of carbonyl (C=O) groups is 1. The predicted octanol–water partition coefficient (Wildman–Crippen LogP) is 5.16. The van der Waals surface area contributed by atoms with Gasteiger partial charge in [0, 0.05) is 23.6 Å². The van der Waals surface area contributed by atoms with Crippen LogP contribution < -0.4 is 5.32 Å². The van der Waals surface area contributed by atoms with Crippen molar-refractivity contribution in [3.05, 3.63) is 63.9 Å². The molecule has 0 atom stereocenters. The van der Waals surface area contributed by atoms with Crippen molar-refractivity contribution < 1.29 is 9.21 Å². The minimum atomic E-state index is -0.158. The molecule has 2 aromatic carbocycles. The molecule has 0 spiro atoms. The number of nitrogens with one attached hydrogen (secondary N) is 1. The number of benzene rings is 2. The largest absolute Gasteiger partial charge is 0.416 e. The van der Waals surface area contributed by atoms with E-state index in [9.17, 15) is 4.79 Å². The van der Waals surface area contributed by atoms with E-state index in [1.54, 1.807) is 23.5 Å². The Balaban J connectivity index is 1.28. The number of halogens is 1. The van der Waals surface area contributed by atoms with Gasteiger partial charge < -0.3 is 9.73 Å². The first-order chi connectivity index (χ1) is 14.1. The maximum atomic E-state index is 12.2. The topological polar surface area (TPSA) is 80.9 Å². The molecule has 4 rings (SSSR count). The van der Waals surface area contributed by atoms with Crippen LogP contribution in [-0.4, -0.2) is 26.8 Å². The molecule has 1 amide bonds. The summed E-state index contributed by atoms with van der Waals surface area (Å²) in [6.45, 7) is 1.91. The quantitative estimate of drug-likeness (QED) is 0.396. The van der Waals surface area contributed by atoms with Crippen LogP contribution in [0.4, 0.5) is 5.69 Å². The third kappa shape index (κ3) is 5.14. The molecule has 0 aliphatic carbocycles. The lowest BCUT2D eigenvalue weighted by molar-refractivity contribution is -0.113. The van der Waals surface area contributed by atoms with E-state index in [2.05, 4.69) is 26.6 Å². The average molecular weight is 445 g/mol. The van der Waals surface area contributed by atoms with Crippen molar-refractivity contribution in [2.24, 2.45) is 0 Å². The van der Waals surface area contributed by atoms with E-state index in [0.717, 1.165) is 22.5 Å². The monoisotopic (exact) mass is 444 g/mol. The highest BCUT2D eigenvalue weighted by Gasteiger charge is 2.12. The maximum Gasteiger partial charge on any atom is 0.277 e. The molecular weight excluding hydrogens is 428 g/mol. The zero-order valence-electron chi connectivity index (χ0n) is 15.5. The summed E-state index contributed by atoms with van der Waals surface area (Å²) in [7, 11) is 0. The second-order valence-corrected chi connectivity index (χ2v) is 8.81. The lowest BCUT2D eigenvalue weighted by Crippen LogP contribution is -2.14. The number of hydrogen-bond acceptors (Lipinski definition) is 7. The number of rotatable bonds is 7. The Morgan fingerprint density at radius 3 is 2.93 bits per heavy atom. The maximum absolute atomic E-state index is 12.2. The molecule has 1 N–H and O–H groups in total. The number of thioether (sulfide) groups is 1. The molecular formula is C20H17ClN4O2S2. The van der Waals surface area contributed by atoms with Crippen LogP contribution in [0, 0.1) is 6.92 Å². The number of hydrogen-bond donors (Lipinski definition) is 1. The molecule has 2 heterocycles. The molecule has 0 radical (unpaired) electrons. The van der Waals surface area contributed by atoms with Gasteiger partial charge in [0.2, 0.25) is 11.8 Å². The van der Waals surface area contributed by atoms with Gasteiger partial charge >= 0.3 is 0 Å². The number of nitrogens with zero attached hydrogens (tertiary/aromatic N) is 3. The number of amides is 1. The highest BCUT2D eigenvalue weighted by Crippen LogP contribution is 2.24. The smallest absolute Gasteiger partial charge is 0.277 e. The highest BCUT2D eigenvalue weighted by molar-refractivity contribution is 7.99. The number of thiazole rings is 1. The van der Waals surface area contributed by atoms with Crippen molar-refractivity contribution in [3.63, 3.8) is 0 Å². The highest BCUT2D eigenvalue weighted by atomic mass is 35.5. The van der Waals surface area contributed by atoms with E-state index in [4.69, 9.17) is 16.0 Å². The molecule has 4 aromatic rings. The number of fused-ring (bicyclic) bond motifs is 1. The van der Waals surface area contributed by atoms with Crippen LogP contribution >= 0.6 is 34.7 Å². The predicted molar refractivity (Wildman–Crippen MR) is 117 cm³/mol. The third-order valence-electron chi connectivity index (χ3n) is 4.14. The number of aryl methyl sites for hydroxylation is 3. The SMILES string of the molecule is Cc1ccc(Cl)cc1NC(=O)CSc1nnc(CCc2nc3ccccc3s2)o1. The number of anilines is 1. The van der Waals surface area contributed by atoms with E-state index < -0.39 is 0 Å². The molecule has 148 valence electrons. The van der Waals surface area contributed by atoms with Gasteiger partial charge in [-0.3, -0.25) is 4.79 Å². The van der Waals surface area contributed by atoms with E-state index in [1.807, 2.05) is 31.2 Å². The van der Waals surface area contributed by atoms with Crippen molar-refractivity contribution >= 4 is 56.5 Å². The fourth-order valence-corrected chi connectivity index (χ4v) is 4.40. The molecule has 29 heavy (non-hydrogen) atoms. The minimum Gasteiger partial charge on any atom is -0.416 e. The Hall–Kier alpha value is -2.42. The zero-order chi connectivity index (χ0) is 20.2. The summed E-state index contributed by atoms with van der Waals surface area (Å²) in [5, 5.41) is 12.9. The van der Waals surface area contributed by atoms with Gasteiger partial charge in [-0.1, -0.05) is 41.6 Å². The molecule has 0 bridgehead atoms. The van der Waals surface area contributed by atoms with Gasteiger partial charge in [-0.25, -0.2) is 4.98 Å². The Bertz CT molecular complexity index is 1130. The van der Waals surface area contributed by atoms with Crippen LogP contribution in [-0.2, 0) is 17.6 Å². The molecule has 0 aliphatic rings. The molecule has 9 heteroatoms. The standard InChI is InChI=1S/C20H17ClN4O2S2/c1-12-6-7-13(21)10-15(12)22-17(26)11-28-20-25-24-18(27-20)8-9-19-23-14-4-2-3-5-16(14)29-19/h2-7,10H,8-9,11H2,1H3,(H,22,26). The van der Waals surface area contributed by atoms with Crippen molar-refractivity contribution in [1.82, 2.24) is 15.2 Å². The van der Waals surface area contributed by atoms with Gasteiger partial charge in [0.05, 0.1) is 21.0 Å². The first kappa shape index (κ1) is 19.9. The van der Waals surface area contributed by atoms with E-state index in [-0.39, 0.29) is 11.7 Å². The minimum absolute atomic E-state index is 0.158. The van der Waals surface area contributed by atoms with Crippen molar-refractivity contribution in [1.29, 1.82) is 0 Å². The molecule has 0 aliphatic heterocycles. The van der Waals surface area contributed by atoms with Crippen LogP contribution in [0.2, 0.25) is 5.02 Å². The number of aromatic nitrogens is 3. The third-order valence-corrected chi connectivity index (χ3v) is 6.29. The number of carbonyl (C=O) groups excluding carboxylic acids is 1. The van der Waals surface area contributed by atoms with Crippen LogP contribution in [0.15, 0.2) is 52.1 Å².